The Bertz CT molecular complexity index is 560. The minimum atomic E-state index is -1.41. The zero-order valence-corrected chi connectivity index (χ0v) is 10.8. The molecule has 1 aliphatic rings. The highest BCUT2D eigenvalue weighted by Crippen LogP contribution is 2.28. The van der Waals surface area contributed by atoms with Gasteiger partial charge < -0.3 is 26.0 Å². The van der Waals surface area contributed by atoms with E-state index in [1.165, 1.54) is 12.3 Å². The van der Waals surface area contributed by atoms with Gasteiger partial charge in [0, 0.05) is 6.20 Å². The highest BCUT2D eigenvalue weighted by molar-refractivity contribution is 5.86. The van der Waals surface area contributed by atoms with Gasteiger partial charge in [-0.25, -0.2) is 4.79 Å². The number of Topliss-reactive ketones (excluding diaryl/α,β-unsaturated/α-hetero) is 1. The quantitative estimate of drug-likeness (QED) is 0.466. The van der Waals surface area contributed by atoms with E-state index >= 15 is 0 Å². The summed E-state index contributed by atoms with van der Waals surface area (Å²) in [6.07, 6.45) is -3.92. The maximum atomic E-state index is 11.7. The van der Waals surface area contributed by atoms with Crippen molar-refractivity contribution < 1.29 is 19.7 Å². The van der Waals surface area contributed by atoms with Crippen molar-refractivity contribution in [2.45, 2.75) is 24.5 Å². The Morgan fingerprint density at radius 3 is 2.85 bits per heavy atom. The molecular formula is C11H16N4O5. The van der Waals surface area contributed by atoms with E-state index in [4.69, 9.17) is 10.5 Å². The summed E-state index contributed by atoms with van der Waals surface area (Å²) in [6, 6.07) is 1.35. The molecule has 1 fully saturated rings. The summed E-state index contributed by atoms with van der Waals surface area (Å²) < 4.78 is 6.28. The molecule has 20 heavy (non-hydrogen) atoms. The lowest BCUT2D eigenvalue weighted by atomic mass is 10.1. The number of ether oxygens (including phenoxy) is 1. The molecule has 110 valence electrons. The molecule has 2 heterocycles. The standard InChI is InChI=1S/C11H16N4O5/c1-13-4-5(16)9-7(17)8(18)10(20-9)15-3-2-6(12)14-11(15)19/h2-3,7-10,13,17-18H,4H2,1H3,(H2,12,14,19)/t7-,8+,9+,10+/m0/s1. The fourth-order valence-electron chi connectivity index (χ4n) is 2.05. The molecule has 9 nitrogen and oxygen atoms in total. The summed E-state index contributed by atoms with van der Waals surface area (Å²) in [5.74, 6) is -0.389. The minimum Gasteiger partial charge on any atom is -0.387 e. The number of anilines is 1. The molecule has 9 heteroatoms. The van der Waals surface area contributed by atoms with Crippen LogP contribution in [0.4, 0.5) is 5.82 Å². The fraction of sp³-hybridized carbons (Fsp3) is 0.545. The highest BCUT2D eigenvalue weighted by atomic mass is 16.6. The van der Waals surface area contributed by atoms with Gasteiger partial charge in [0.15, 0.2) is 12.0 Å². The molecule has 0 amide bonds. The van der Waals surface area contributed by atoms with E-state index in [1.54, 1.807) is 7.05 Å². The predicted octanol–water partition coefficient (Wildman–Crippen LogP) is -2.77. The highest BCUT2D eigenvalue weighted by Gasteiger charge is 2.47. The number of nitrogen functional groups attached to an aromatic ring is 1. The molecule has 1 saturated heterocycles. The summed E-state index contributed by atoms with van der Waals surface area (Å²) >= 11 is 0. The summed E-state index contributed by atoms with van der Waals surface area (Å²) in [7, 11) is 1.57. The number of nitrogens with two attached hydrogens (primary N) is 1. The van der Waals surface area contributed by atoms with Crippen molar-refractivity contribution in [3.05, 3.63) is 22.7 Å². The number of nitrogens with zero attached hydrogens (tertiary/aromatic N) is 2. The molecule has 0 saturated carbocycles. The number of ketones is 1. The van der Waals surface area contributed by atoms with E-state index in [0.29, 0.717) is 0 Å². The van der Waals surface area contributed by atoms with Crippen molar-refractivity contribution >= 4 is 11.6 Å². The van der Waals surface area contributed by atoms with Crippen LogP contribution in [0.3, 0.4) is 0 Å². The van der Waals surface area contributed by atoms with E-state index in [2.05, 4.69) is 10.3 Å². The second-order valence-corrected chi connectivity index (χ2v) is 4.47. The second kappa shape index (κ2) is 5.67. The van der Waals surface area contributed by atoms with E-state index in [9.17, 15) is 19.8 Å². The zero-order valence-electron chi connectivity index (χ0n) is 10.8. The Morgan fingerprint density at radius 2 is 2.25 bits per heavy atom. The minimum absolute atomic E-state index is 0.0178. The predicted molar refractivity (Wildman–Crippen MR) is 67.8 cm³/mol. The van der Waals surface area contributed by atoms with Gasteiger partial charge in [-0.3, -0.25) is 9.36 Å². The van der Waals surface area contributed by atoms with Gasteiger partial charge in [-0.1, -0.05) is 0 Å². The summed E-state index contributed by atoms with van der Waals surface area (Å²) in [5.41, 5.74) is 4.63. The van der Waals surface area contributed by atoms with E-state index in [-0.39, 0.29) is 12.4 Å². The first-order valence-electron chi connectivity index (χ1n) is 5.99. The number of aliphatic hydroxyl groups excluding tert-OH is 2. The molecule has 1 aliphatic heterocycles. The molecule has 1 aromatic heterocycles. The van der Waals surface area contributed by atoms with E-state index in [1.807, 2.05) is 0 Å². The number of carbonyl (C=O) groups excluding carboxylic acids is 1. The molecule has 2 rings (SSSR count). The molecule has 0 spiro atoms. The number of carbonyl (C=O) groups is 1. The Balaban J connectivity index is 2.26. The first kappa shape index (κ1) is 14.6. The van der Waals surface area contributed by atoms with E-state index < -0.39 is 36.0 Å². The number of aromatic nitrogens is 2. The van der Waals surface area contributed by atoms with Crippen LogP contribution < -0.4 is 16.7 Å². The number of likely N-dealkylation sites (N-methyl/N-ethyl adjacent to an activating group) is 1. The van der Waals surface area contributed by atoms with Gasteiger partial charge in [-0.05, 0) is 13.1 Å². The van der Waals surface area contributed by atoms with Crippen LogP contribution in [0.2, 0.25) is 0 Å². The molecule has 0 aromatic carbocycles. The van der Waals surface area contributed by atoms with Crippen LogP contribution >= 0.6 is 0 Å². The van der Waals surface area contributed by atoms with Gasteiger partial charge in [0.25, 0.3) is 0 Å². The topological polar surface area (TPSA) is 140 Å². The number of hydrogen-bond acceptors (Lipinski definition) is 8. The lowest BCUT2D eigenvalue weighted by Crippen LogP contribution is -2.40. The molecule has 0 bridgehead atoms. The molecule has 0 aliphatic carbocycles. The van der Waals surface area contributed by atoms with Gasteiger partial charge >= 0.3 is 5.69 Å². The lowest BCUT2D eigenvalue weighted by molar-refractivity contribution is -0.134. The fourth-order valence-corrected chi connectivity index (χ4v) is 2.05. The Morgan fingerprint density at radius 1 is 1.55 bits per heavy atom. The van der Waals surface area contributed by atoms with Gasteiger partial charge in [-0.2, -0.15) is 4.98 Å². The van der Waals surface area contributed by atoms with Crippen LogP contribution in [0.1, 0.15) is 6.23 Å². The van der Waals surface area contributed by atoms with Crippen molar-refractivity contribution in [3.8, 4) is 0 Å². The normalized spacial score (nSPS) is 29.6. The molecule has 1 aromatic rings. The summed E-state index contributed by atoms with van der Waals surface area (Å²) in [5, 5.41) is 22.4. The Kier molecular flexibility index (Phi) is 4.14. The number of rotatable bonds is 4. The Labute approximate surface area is 114 Å². The third-order valence-corrected chi connectivity index (χ3v) is 3.03. The van der Waals surface area contributed by atoms with Crippen LogP contribution in [-0.4, -0.2) is 57.5 Å². The van der Waals surface area contributed by atoms with Gasteiger partial charge in [0.05, 0.1) is 6.54 Å². The van der Waals surface area contributed by atoms with Crippen LogP contribution in [0.5, 0.6) is 0 Å². The molecule has 0 radical (unpaired) electrons. The van der Waals surface area contributed by atoms with Crippen molar-refractivity contribution in [2.24, 2.45) is 0 Å². The second-order valence-electron chi connectivity index (χ2n) is 4.47. The van der Waals surface area contributed by atoms with Crippen molar-refractivity contribution in [3.63, 3.8) is 0 Å². The first-order valence-corrected chi connectivity index (χ1v) is 5.99. The van der Waals surface area contributed by atoms with E-state index in [0.717, 1.165) is 4.57 Å². The van der Waals surface area contributed by atoms with Crippen LogP contribution in [0.25, 0.3) is 0 Å². The smallest absolute Gasteiger partial charge is 0.351 e. The molecule has 4 atom stereocenters. The average molecular weight is 284 g/mol. The monoisotopic (exact) mass is 284 g/mol. The van der Waals surface area contributed by atoms with Gasteiger partial charge in [0.2, 0.25) is 0 Å². The third kappa shape index (κ3) is 2.56. The zero-order chi connectivity index (χ0) is 14.9. The molecule has 5 N–H and O–H groups in total. The summed E-state index contributed by atoms with van der Waals surface area (Å²) in [6.45, 7) is -0.0178. The van der Waals surface area contributed by atoms with Crippen molar-refractivity contribution in [1.82, 2.24) is 14.9 Å². The Hall–Kier alpha value is -1.81. The van der Waals surface area contributed by atoms with Crippen LogP contribution in [0, 0.1) is 0 Å². The number of hydrogen-bond donors (Lipinski definition) is 4. The first-order chi connectivity index (χ1) is 9.45. The van der Waals surface area contributed by atoms with Gasteiger partial charge in [-0.15, -0.1) is 0 Å². The third-order valence-electron chi connectivity index (χ3n) is 3.03. The molecule has 0 unspecified atom stereocenters. The van der Waals surface area contributed by atoms with Crippen molar-refractivity contribution in [2.75, 3.05) is 19.3 Å². The maximum absolute atomic E-state index is 11.7. The summed E-state index contributed by atoms with van der Waals surface area (Å²) in [4.78, 5) is 26.9. The largest absolute Gasteiger partial charge is 0.387 e. The van der Waals surface area contributed by atoms with Gasteiger partial charge in [0.1, 0.15) is 24.1 Å². The van der Waals surface area contributed by atoms with Crippen LogP contribution in [0.15, 0.2) is 17.1 Å². The number of nitrogens with one attached hydrogen (secondary N) is 1. The van der Waals surface area contributed by atoms with Crippen LogP contribution in [-0.2, 0) is 9.53 Å². The maximum Gasteiger partial charge on any atom is 0.351 e. The average Bonchev–Trinajstić information content (AvgIpc) is 2.67. The van der Waals surface area contributed by atoms with Crippen molar-refractivity contribution in [1.29, 1.82) is 0 Å². The lowest BCUT2D eigenvalue weighted by Gasteiger charge is -2.16. The number of aliphatic hydroxyl groups is 2. The SMILES string of the molecule is CNCC(=O)[C@H]1O[C@@H](n2ccc(N)nc2=O)[C@H](O)[C@@H]1O. The molecular weight excluding hydrogens is 268 g/mol.